The molecule has 1 saturated carbocycles. The minimum Gasteiger partial charge on any atom is -0.508 e. The molecule has 1 aromatic rings. The number of halogens is 1. The Kier molecular flexibility index (Phi) is 2.19. The number of rotatable bonds is 2. The van der Waals surface area contributed by atoms with Crippen molar-refractivity contribution in [3.05, 3.63) is 29.1 Å². The molecule has 0 radical (unpaired) electrons. The van der Waals surface area contributed by atoms with Crippen LogP contribution in [0.1, 0.15) is 30.0 Å². The van der Waals surface area contributed by atoms with E-state index in [1.165, 1.54) is 12.1 Å². The van der Waals surface area contributed by atoms with Crippen LogP contribution in [0.15, 0.2) is 12.1 Å². The molecule has 0 aliphatic heterocycles. The first-order valence-electron chi connectivity index (χ1n) is 4.84. The molecule has 0 unspecified atom stereocenters. The van der Waals surface area contributed by atoms with E-state index in [0.29, 0.717) is 17.0 Å². The third-order valence-corrected chi connectivity index (χ3v) is 2.80. The number of nitrogens with two attached hydrogens (primary N) is 1. The third-order valence-electron chi connectivity index (χ3n) is 2.80. The average molecular weight is 195 g/mol. The first kappa shape index (κ1) is 9.46. The molecule has 0 saturated heterocycles. The maximum Gasteiger partial charge on any atom is 0.126 e. The van der Waals surface area contributed by atoms with Crippen LogP contribution in [0.25, 0.3) is 0 Å². The van der Waals surface area contributed by atoms with Crippen molar-refractivity contribution >= 4 is 0 Å². The first-order valence-corrected chi connectivity index (χ1v) is 4.84. The minimum atomic E-state index is -0.297. The van der Waals surface area contributed by atoms with Crippen molar-refractivity contribution in [1.29, 1.82) is 0 Å². The standard InChI is InChI=1S/C11H14FNO/c1-6-4-10(14)8(5-9(6)12)11(13)7-2-3-7/h4-5,7,11,14H,2-3,13H2,1H3/t11-/m0/s1. The zero-order valence-corrected chi connectivity index (χ0v) is 8.13. The summed E-state index contributed by atoms with van der Waals surface area (Å²) >= 11 is 0. The van der Waals surface area contributed by atoms with E-state index in [2.05, 4.69) is 0 Å². The molecule has 2 rings (SSSR count). The van der Waals surface area contributed by atoms with Crippen molar-refractivity contribution in [2.24, 2.45) is 11.7 Å². The molecular formula is C11H14FNO. The molecule has 3 heteroatoms. The highest BCUT2D eigenvalue weighted by Gasteiger charge is 2.31. The molecule has 0 aromatic heterocycles. The molecule has 0 heterocycles. The second kappa shape index (κ2) is 3.24. The van der Waals surface area contributed by atoms with Crippen molar-refractivity contribution in [2.45, 2.75) is 25.8 Å². The summed E-state index contributed by atoms with van der Waals surface area (Å²) in [5.74, 6) is 0.236. The molecule has 1 aliphatic carbocycles. The number of aryl methyl sites for hydroxylation is 1. The Bertz CT molecular complexity index is 361. The number of phenols is 1. The Labute approximate surface area is 82.5 Å². The van der Waals surface area contributed by atoms with Crippen LogP contribution < -0.4 is 5.73 Å². The molecule has 1 atom stereocenters. The monoisotopic (exact) mass is 195 g/mol. The van der Waals surface area contributed by atoms with Crippen LogP contribution in [-0.4, -0.2) is 5.11 Å². The van der Waals surface area contributed by atoms with Gasteiger partial charge in [0, 0.05) is 11.6 Å². The fourth-order valence-electron chi connectivity index (χ4n) is 1.66. The van der Waals surface area contributed by atoms with Crippen molar-refractivity contribution in [1.82, 2.24) is 0 Å². The summed E-state index contributed by atoms with van der Waals surface area (Å²) < 4.78 is 13.2. The predicted molar refractivity (Wildman–Crippen MR) is 52.5 cm³/mol. The fourth-order valence-corrected chi connectivity index (χ4v) is 1.66. The molecule has 0 spiro atoms. The van der Waals surface area contributed by atoms with E-state index in [9.17, 15) is 9.50 Å². The van der Waals surface area contributed by atoms with Gasteiger partial charge in [0.05, 0.1) is 0 Å². The van der Waals surface area contributed by atoms with Gasteiger partial charge in [0.15, 0.2) is 0 Å². The van der Waals surface area contributed by atoms with E-state index in [4.69, 9.17) is 5.73 Å². The quantitative estimate of drug-likeness (QED) is 0.760. The van der Waals surface area contributed by atoms with Gasteiger partial charge in [-0.3, -0.25) is 0 Å². The largest absolute Gasteiger partial charge is 0.508 e. The zero-order chi connectivity index (χ0) is 10.3. The highest BCUT2D eigenvalue weighted by Crippen LogP contribution is 2.42. The number of hydrogen-bond donors (Lipinski definition) is 2. The van der Waals surface area contributed by atoms with Gasteiger partial charge in [-0.2, -0.15) is 0 Å². The van der Waals surface area contributed by atoms with Gasteiger partial charge in [-0.25, -0.2) is 4.39 Å². The predicted octanol–water partition coefficient (Wildman–Crippen LogP) is 2.25. The second-order valence-corrected chi connectivity index (χ2v) is 4.02. The van der Waals surface area contributed by atoms with E-state index in [0.717, 1.165) is 12.8 Å². The Morgan fingerprint density at radius 1 is 1.50 bits per heavy atom. The van der Waals surface area contributed by atoms with Gasteiger partial charge in [-0.1, -0.05) is 0 Å². The van der Waals surface area contributed by atoms with E-state index in [1.54, 1.807) is 6.92 Å². The van der Waals surface area contributed by atoms with Crippen molar-refractivity contribution < 1.29 is 9.50 Å². The normalized spacial score (nSPS) is 18.2. The third kappa shape index (κ3) is 1.60. The van der Waals surface area contributed by atoms with Gasteiger partial charge in [-0.15, -0.1) is 0 Å². The molecule has 1 aromatic carbocycles. The number of benzene rings is 1. The van der Waals surface area contributed by atoms with Crippen LogP contribution >= 0.6 is 0 Å². The lowest BCUT2D eigenvalue weighted by molar-refractivity contribution is 0.452. The first-order chi connectivity index (χ1) is 6.59. The van der Waals surface area contributed by atoms with Gasteiger partial charge in [0.25, 0.3) is 0 Å². The van der Waals surface area contributed by atoms with Crippen LogP contribution in [0, 0.1) is 18.7 Å². The summed E-state index contributed by atoms with van der Waals surface area (Å²) in [5, 5.41) is 9.62. The molecule has 2 nitrogen and oxygen atoms in total. The number of phenolic OH excluding ortho intramolecular Hbond substituents is 1. The summed E-state index contributed by atoms with van der Waals surface area (Å²) in [7, 11) is 0. The van der Waals surface area contributed by atoms with E-state index in [1.807, 2.05) is 0 Å². The summed E-state index contributed by atoms with van der Waals surface area (Å²) in [4.78, 5) is 0. The highest BCUT2D eigenvalue weighted by atomic mass is 19.1. The molecule has 0 bridgehead atoms. The molecule has 0 amide bonds. The SMILES string of the molecule is Cc1cc(O)c([C@@H](N)C2CC2)cc1F. The molecule has 3 N–H and O–H groups in total. The lowest BCUT2D eigenvalue weighted by Crippen LogP contribution is -2.13. The van der Waals surface area contributed by atoms with Crippen LogP contribution in [0.4, 0.5) is 4.39 Å². The Morgan fingerprint density at radius 3 is 2.71 bits per heavy atom. The summed E-state index contributed by atoms with van der Waals surface area (Å²) in [6, 6.07) is 2.57. The Balaban J connectivity index is 2.36. The fraction of sp³-hybridized carbons (Fsp3) is 0.455. The maximum atomic E-state index is 13.2. The van der Waals surface area contributed by atoms with Crippen molar-refractivity contribution in [3.63, 3.8) is 0 Å². The van der Waals surface area contributed by atoms with E-state index in [-0.39, 0.29) is 17.6 Å². The second-order valence-electron chi connectivity index (χ2n) is 4.02. The molecule has 76 valence electrons. The van der Waals surface area contributed by atoms with Crippen LogP contribution in [0.2, 0.25) is 0 Å². The topological polar surface area (TPSA) is 46.2 Å². The smallest absolute Gasteiger partial charge is 0.126 e. The highest BCUT2D eigenvalue weighted by molar-refractivity contribution is 5.39. The summed E-state index contributed by atoms with van der Waals surface area (Å²) in [6.07, 6.45) is 2.16. The zero-order valence-electron chi connectivity index (χ0n) is 8.13. The Hall–Kier alpha value is -1.09. The summed E-state index contributed by atoms with van der Waals surface area (Å²) in [5.41, 5.74) is 6.88. The van der Waals surface area contributed by atoms with Crippen LogP contribution in [0.3, 0.4) is 0 Å². The van der Waals surface area contributed by atoms with E-state index >= 15 is 0 Å². The lowest BCUT2D eigenvalue weighted by atomic mass is 10.0. The molecular weight excluding hydrogens is 181 g/mol. The van der Waals surface area contributed by atoms with Gasteiger partial charge in [-0.05, 0) is 43.4 Å². The average Bonchev–Trinajstić information content (AvgIpc) is 2.93. The van der Waals surface area contributed by atoms with Crippen molar-refractivity contribution in [2.75, 3.05) is 0 Å². The van der Waals surface area contributed by atoms with Crippen molar-refractivity contribution in [3.8, 4) is 5.75 Å². The van der Waals surface area contributed by atoms with Gasteiger partial charge in [0.2, 0.25) is 0 Å². The molecule has 1 fully saturated rings. The number of hydrogen-bond acceptors (Lipinski definition) is 2. The summed E-state index contributed by atoms with van der Waals surface area (Å²) in [6.45, 7) is 1.63. The number of aromatic hydroxyl groups is 1. The minimum absolute atomic E-state index is 0.114. The maximum absolute atomic E-state index is 13.2. The lowest BCUT2D eigenvalue weighted by Gasteiger charge is -2.13. The van der Waals surface area contributed by atoms with E-state index < -0.39 is 0 Å². The van der Waals surface area contributed by atoms with Gasteiger partial charge < -0.3 is 10.8 Å². The van der Waals surface area contributed by atoms with Gasteiger partial charge in [0.1, 0.15) is 11.6 Å². The van der Waals surface area contributed by atoms with Crippen LogP contribution in [-0.2, 0) is 0 Å². The van der Waals surface area contributed by atoms with Crippen LogP contribution in [0.5, 0.6) is 5.75 Å². The Morgan fingerprint density at radius 2 is 2.14 bits per heavy atom. The molecule has 1 aliphatic rings. The molecule has 14 heavy (non-hydrogen) atoms. The van der Waals surface area contributed by atoms with Gasteiger partial charge >= 0.3 is 0 Å².